The van der Waals surface area contributed by atoms with Crippen LogP contribution in [0.1, 0.15) is 25.0 Å². The van der Waals surface area contributed by atoms with Crippen molar-refractivity contribution >= 4 is 16.0 Å². The van der Waals surface area contributed by atoms with Crippen LogP contribution in [0.4, 0.5) is 0 Å². The summed E-state index contributed by atoms with van der Waals surface area (Å²) in [7, 11) is -2.47. The minimum atomic E-state index is -3.74. The van der Waals surface area contributed by atoms with E-state index in [-0.39, 0.29) is 4.90 Å². The van der Waals surface area contributed by atoms with E-state index in [1.165, 1.54) is 13.1 Å². The van der Waals surface area contributed by atoms with Crippen LogP contribution in [0.15, 0.2) is 23.1 Å². The lowest BCUT2D eigenvalue weighted by molar-refractivity contribution is -0.137. The van der Waals surface area contributed by atoms with E-state index < -0.39 is 22.5 Å². The van der Waals surface area contributed by atoms with Gasteiger partial charge in [-0.1, -0.05) is 19.9 Å². The number of carboxylic acids is 1. The Kier molecular flexibility index (Phi) is 5.08. The first kappa shape index (κ1) is 15.7. The highest BCUT2D eigenvalue weighted by Crippen LogP contribution is 2.20. The molecule has 1 rings (SSSR count). The average molecular weight is 285 g/mol. The molecule has 0 saturated carbocycles. The third-order valence-electron chi connectivity index (χ3n) is 3.01. The normalized spacial score (nSPS) is 11.8. The molecule has 0 amide bonds. The Labute approximate surface area is 113 Å². The van der Waals surface area contributed by atoms with Crippen molar-refractivity contribution in [3.63, 3.8) is 0 Å². The van der Waals surface area contributed by atoms with Gasteiger partial charge in [0, 0.05) is 7.05 Å². The number of hydrogen-bond donors (Lipinski definition) is 1. The predicted octanol–water partition coefficient (Wildman–Crippen LogP) is 1.52. The Bertz CT molecular complexity index is 566. The number of rotatable bonds is 6. The number of carbonyl (C=O) groups is 1. The number of sulfonamides is 1. The standard InChI is InChI=1S/C13H19NO4S/c1-4-10-6-7-12(8-11(10)5-2)19(17,18)14(3)9-13(15)16/h6-8H,4-5,9H2,1-3H3,(H,15,16). The van der Waals surface area contributed by atoms with Crippen molar-refractivity contribution in [2.45, 2.75) is 31.6 Å². The largest absolute Gasteiger partial charge is 0.480 e. The number of aliphatic carboxylic acids is 1. The predicted molar refractivity (Wildman–Crippen MR) is 72.6 cm³/mol. The van der Waals surface area contributed by atoms with Crippen molar-refractivity contribution in [2.75, 3.05) is 13.6 Å². The fraction of sp³-hybridized carbons (Fsp3) is 0.462. The van der Waals surface area contributed by atoms with Crippen molar-refractivity contribution in [3.8, 4) is 0 Å². The molecule has 0 fully saturated rings. The molecule has 5 nitrogen and oxygen atoms in total. The summed E-state index contributed by atoms with van der Waals surface area (Å²) in [6.45, 7) is 3.43. The Hall–Kier alpha value is -1.40. The molecule has 1 N–H and O–H groups in total. The molecule has 6 heteroatoms. The Morgan fingerprint density at radius 3 is 2.26 bits per heavy atom. The molecular weight excluding hydrogens is 266 g/mol. The summed E-state index contributed by atoms with van der Waals surface area (Å²) < 4.78 is 25.2. The van der Waals surface area contributed by atoms with Gasteiger partial charge < -0.3 is 5.11 Å². The Morgan fingerprint density at radius 2 is 1.79 bits per heavy atom. The van der Waals surface area contributed by atoms with Gasteiger partial charge in [-0.05, 0) is 36.1 Å². The van der Waals surface area contributed by atoms with Gasteiger partial charge in [0.25, 0.3) is 0 Å². The molecule has 1 aromatic carbocycles. The van der Waals surface area contributed by atoms with Gasteiger partial charge in [0.15, 0.2) is 0 Å². The highest BCUT2D eigenvalue weighted by Gasteiger charge is 2.23. The first-order valence-electron chi connectivity index (χ1n) is 6.12. The van der Waals surface area contributed by atoms with Gasteiger partial charge in [-0.15, -0.1) is 0 Å². The molecule has 0 unspecified atom stereocenters. The monoisotopic (exact) mass is 285 g/mol. The first-order valence-corrected chi connectivity index (χ1v) is 7.56. The quantitative estimate of drug-likeness (QED) is 0.860. The van der Waals surface area contributed by atoms with E-state index in [4.69, 9.17) is 5.11 Å². The van der Waals surface area contributed by atoms with Gasteiger partial charge in [0.2, 0.25) is 10.0 Å². The zero-order valence-corrected chi connectivity index (χ0v) is 12.2. The van der Waals surface area contributed by atoms with Gasteiger partial charge >= 0.3 is 5.97 Å². The third kappa shape index (κ3) is 3.54. The molecule has 1 aromatic rings. The van der Waals surface area contributed by atoms with Crippen LogP contribution in [0.3, 0.4) is 0 Å². The molecule has 0 atom stereocenters. The number of hydrogen-bond acceptors (Lipinski definition) is 3. The van der Waals surface area contributed by atoms with Crippen molar-refractivity contribution in [1.29, 1.82) is 0 Å². The van der Waals surface area contributed by atoms with E-state index in [1.54, 1.807) is 12.1 Å². The van der Waals surface area contributed by atoms with Crippen molar-refractivity contribution in [3.05, 3.63) is 29.3 Å². The number of likely N-dealkylation sites (N-methyl/N-ethyl adjacent to an activating group) is 1. The Balaban J connectivity index is 3.18. The van der Waals surface area contributed by atoms with Crippen molar-refractivity contribution in [1.82, 2.24) is 4.31 Å². The fourth-order valence-corrected chi connectivity index (χ4v) is 3.06. The van der Waals surface area contributed by atoms with Crippen LogP contribution >= 0.6 is 0 Å². The zero-order valence-electron chi connectivity index (χ0n) is 11.4. The fourth-order valence-electron chi connectivity index (χ4n) is 1.89. The molecule has 106 valence electrons. The van der Waals surface area contributed by atoms with Crippen molar-refractivity contribution < 1.29 is 18.3 Å². The first-order chi connectivity index (χ1) is 8.82. The van der Waals surface area contributed by atoms with Gasteiger partial charge in [-0.2, -0.15) is 4.31 Å². The summed E-state index contributed by atoms with van der Waals surface area (Å²) >= 11 is 0. The highest BCUT2D eigenvalue weighted by atomic mass is 32.2. The molecule has 0 radical (unpaired) electrons. The van der Waals surface area contributed by atoms with Gasteiger partial charge in [-0.25, -0.2) is 8.42 Å². The van der Waals surface area contributed by atoms with E-state index in [1.807, 2.05) is 13.8 Å². The summed E-state index contributed by atoms with van der Waals surface area (Å²) in [5.41, 5.74) is 2.09. The van der Waals surface area contributed by atoms with Gasteiger partial charge in [-0.3, -0.25) is 4.79 Å². The summed E-state index contributed by atoms with van der Waals surface area (Å²) in [6, 6.07) is 4.96. The summed E-state index contributed by atoms with van der Waals surface area (Å²) in [6.07, 6.45) is 1.59. The maximum atomic E-state index is 12.2. The molecule has 0 aromatic heterocycles. The van der Waals surface area contributed by atoms with E-state index in [2.05, 4.69) is 0 Å². The molecule has 0 saturated heterocycles. The minimum absolute atomic E-state index is 0.144. The number of carboxylic acid groups (broad SMARTS) is 1. The maximum Gasteiger partial charge on any atom is 0.318 e. The lowest BCUT2D eigenvalue weighted by Gasteiger charge is -2.16. The van der Waals surface area contributed by atoms with Crippen LogP contribution in [0.25, 0.3) is 0 Å². The average Bonchev–Trinajstić information content (AvgIpc) is 2.36. The second kappa shape index (κ2) is 6.16. The van der Waals surface area contributed by atoms with Crippen LogP contribution in [-0.4, -0.2) is 37.4 Å². The van der Waals surface area contributed by atoms with Crippen LogP contribution in [0, 0.1) is 0 Å². The smallest absolute Gasteiger partial charge is 0.318 e. The second-order valence-corrected chi connectivity index (χ2v) is 6.34. The van der Waals surface area contributed by atoms with Gasteiger partial charge in [0.05, 0.1) is 4.90 Å². The highest BCUT2D eigenvalue weighted by molar-refractivity contribution is 7.89. The molecule has 0 aliphatic rings. The van der Waals surface area contributed by atoms with E-state index >= 15 is 0 Å². The zero-order chi connectivity index (χ0) is 14.6. The van der Waals surface area contributed by atoms with Crippen LogP contribution in [0.2, 0.25) is 0 Å². The number of aryl methyl sites for hydroxylation is 2. The molecule has 0 spiro atoms. The minimum Gasteiger partial charge on any atom is -0.480 e. The third-order valence-corrected chi connectivity index (χ3v) is 4.81. The van der Waals surface area contributed by atoms with E-state index in [0.717, 1.165) is 28.3 Å². The number of nitrogens with zero attached hydrogens (tertiary/aromatic N) is 1. The van der Waals surface area contributed by atoms with E-state index in [9.17, 15) is 13.2 Å². The summed E-state index contributed by atoms with van der Waals surface area (Å²) in [4.78, 5) is 10.7. The van der Waals surface area contributed by atoms with Crippen molar-refractivity contribution in [2.24, 2.45) is 0 Å². The van der Waals surface area contributed by atoms with E-state index in [0.29, 0.717) is 0 Å². The number of benzene rings is 1. The molecule has 0 aliphatic carbocycles. The molecule has 0 heterocycles. The second-order valence-electron chi connectivity index (χ2n) is 4.29. The molecular formula is C13H19NO4S. The van der Waals surface area contributed by atoms with Crippen LogP contribution in [-0.2, 0) is 27.7 Å². The van der Waals surface area contributed by atoms with Crippen LogP contribution in [0.5, 0.6) is 0 Å². The Morgan fingerprint density at radius 1 is 1.21 bits per heavy atom. The lowest BCUT2D eigenvalue weighted by atomic mass is 10.0. The molecule has 0 aliphatic heterocycles. The molecule has 0 bridgehead atoms. The summed E-state index contributed by atoms with van der Waals surface area (Å²) in [5, 5.41) is 8.67. The molecule has 19 heavy (non-hydrogen) atoms. The topological polar surface area (TPSA) is 74.7 Å². The van der Waals surface area contributed by atoms with Gasteiger partial charge in [0.1, 0.15) is 6.54 Å². The van der Waals surface area contributed by atoms with Crippen LogP contribution < -0.4 is 0 Å². The lowest BCUT2D eigenvalue weighted by Crippen LogP contribution is -2.32. The SMILES string of the molecule is CCc1ccc(S(=O)(=O)N(C)CC(=O)O)cc1CC. The summed E-state index contributed by atoms with van der Waals surface area (Å²) in [5.74, 6) is -1.17. The maximum absolute atomic E-state index is 12.2.